The van der Waals surface area contributed by atoms with Crippen LogP contribution in [-0.2, 0) is 14.9 Å². The van der Waals surface area contributed by atoms with Gasteiger partial charge in [-0.3, -0.25) is 9.69 Å². The summed E-state index contributed by atoms with van der Waals surface area (Å²) >= 11 is 1.48. The second-order valence-electron chi connectivity index (χ2n) is 6.53. The lowest BCUT2D eigenvalue weighted by Gasteiger charge is -2.38. The molecule has 3 aromatic rings. The number of halogens is 1. The molecule has 1 saturated heterocycles. The first-order chi connectivity index (χ1) is 12.6. The Balaban J connectivity index is 1.74. The van der Waals surface area contributed by atoms with Crippen molar-refractivity contribution in [3.05, 3.63) is 59.9 Å². The number of aromatic nitrogens is 1. The normalized spacial score (nSPS) is 16.5. The van der Waals surface area contributed by atoms with Crippen LogP contribution in [0, 0.1) is 5.82 Å². The van der Waals surface area contributed by atoms with Crippen LogP contribution in [0.1, 0.15) is 18.4 Å². The molecule has 0 aliphatic carbocycles. The van der Waals surface area contributed by atoms with Crippen LogP contribution in [-0.4, -0.2) is 31.2 Å². The van der Waals surface area contributed by atoms with Gasteiger partial charge in [0.05, 0.1) is 15.6 Å². The second kappa shape index (κ2) is 6.78. The molecule has 26 heavy (non-hydrogen) atoms. The van der Waals surface area contributed by atoms with E-state index in [4.69, 9.17) is 4.74 Å². The number of rotatable bonds is 3. The van der Waals surface area contributed by atoms with Gasteiger partial charge in [0.25, 0.3) is 0 Å². The van der Waals surface area contributed by atoms with Crippen LogP contribution in [0.4, 0.5) is 9.52 Å². The average molecular weight is 370 g/mol. The highest BCUT2D eigenvalue weighted by atomic mass is 32.1. The van der Waals surface area contributed by atoms with Gasteiger partial charge in [-0.1, -0.05) is 35.6 Å². The molecule has 2 heterocycles. The standard InChI is InChI=1S/C20H19FN2O2S/c1-23(19-22-16-7-2-3-8-17(16)26-19)18(24)20(9-11-25-12-10-20)14-5-4-6-15(21)13-14/h2-8,13H,9-12H2,1H3. The van der Waals surface area contributed by atoms with Crippen LogP contribution in [0.5, 0.6) is 0 Å². The summed E-state index contributed by atoms with van der Waals surface area (Å²) in [6.07, 6.45) is 1.06. The molecule has 0 saturated carbocycles. The van der Waals surface area contributed by atoms with Crippen LogP contribution in [0.2, 0.25) is 0 Å². The number of thiazole rings is 1. The van der Waals surface area contributed by atoms with Gasteiger partial charge in [-0.15, -0.1) is 0 Å². The van der Waals surface area contributed by atoms with E-state index in [0.29, 0.717) is 36.8 Å². The summed E-state index contributed by atoms with van der Waals surface area (Å²) in [5, 5.41) is 0.651. The highest BCUT2D eigenvalue weighted by Crippen LogP contribution is 2.39. The zero-order valence-electron chi connectivity index (χ0n) is 14.4. The van der Waals surface area contributed by atoms with Crippen molar-refractivity contribution in [1.82, 2.24) is 4.98 Å². The zero-order chi connectivity index (χ0) is 18.1. The van der Waals surface area contributed by atoms with E-state index in [0.717, 1.165) is 10.2 Å². The number of carbonyl (C=O) groups is 1. The van der Waals surface area contributed by atoms with Crippen molar-refractivity contribution in [2.45, 2.75) is 18.3 Å². The van der Waals surface area contributed by atoms with Gasteiger partial charge in [0.2, 0.25) is 5.91 Å². The topological polar surface area (TPSA) is 42.4 Å². The number of hydrogen-bond donors (Lipinski definition) is 0. The molecule has 0 spiro atoms. The lowest BCUT2D eigenvalue weighted by Crippen LogP contribution is -2.49. The SMILES string of the molecule is CN(C(=O)C1(c2cccc(F)c2)CCOCC1)c1nc2ccccc2s1. The van der Waals surface area contributed by atoms with E-state index >= 15 is 0 Å². The number of hydrogen-bond acceptors (Lipinski definition) is 4. The number of amides is 1. The van der Waals surface area contributed by atoms with Crippen molar-refractivity contribution in [3.63, 3.8) is 0 Å². The zero-order valence-corrected chi connectivity index (χ0v) is 15.3. The van der Waals surface area contributed by atoms with Gasteiger partial charge in [0.1, 0.15) is 5.82 Å². The summed E-state index contributed by atoms with van der Waals surface area (Å²) in [7, 11) is 1.75. The molecule has 0 radical (unpaired) electrons. The third kappa shape index (κ3) is 2.89. The van der Waals surface area contributed by atoms with Gasteiger partial charge >= 0.3 is 0 Å². The van der Waals surface area contributed by atoms with Gasteiger partial charge in [-0.05, 0) is 42.7 Å². The number of para-hydroxylation sites is 1. The molecule has 4 rings (SSSR count). The first kappa shape index (κ1) is 17.1. The van der Waals surface area contributed by atoms with Crippen molar-refractivity contribution < 1.29 is 13.9 Å². The van der Waals surface area contributed by atoms with Crippen molar-refractivity contribution in [1.29, 1.82) is 0 Å². The number of likely N-dealkylation sites (N-methyl/N-ethyl adjacent to an activating group) is 1. The van der Waals surface area contributed by atoms with E-state index in [1.54, 1.807) is 18.0 Å². The Morgan fingerprint density at radius 3 is 2.69 bits per heavy atom. The summed E-state index contributed by atoms with van der Waals surface area (Å²) in [5.41, 5.74) is 0.796. The van der Waals surface area contributed by atoms with E-state index in [2.05, 4.69) is 4.98 Å². The first-order valence-corrected chi connectivity index (χ1v) is 9.39. The van der Waals surface area contributed by atoms with E-state index in [1.807, 2.05) is 30.3 Å². The smallest absolute Gasteiger partial charge is 0.239 e. The molecular formula is C20H19FN2O2S. The number of carbonyl (C=O) groups excluding carboxylic acids is 1. The Kier molecular flexibility index (Phi) is 4.46. The number of ether oxygens (including phenoxy) is 1. The molecule has 1 fully saturated rings. The van der Waals surface area contributed by atoms with Crippen LogP contribution < -0.4 is 4.90 Å². The summed E-state index contributed by atoms with van der Waals surface area (Å²) in [6, 6.07) is 14.2. The van der Waals surface area contributed by atoms with E-state index in [9.17, 15) is 9.18 Å². The van der Waals surface area contributed by atoms with Gasteiger partial charge < -0.3 is 4.74 Å². The average Bonchev–Trinajstić information content (AvgIpc) is 3.11. The fourth-order valence-electron chi connectivity index (χ4n) is 3.54. The molecule has 0 atom stereocenters. The van der Waals surface area contributed by atoms with Gasteiger partial charge in [0.15, 0.2) is 5.13 Å². The molecule has 0 unspecified atom stereocenters. The van der Waals surface area contributed by atoms with Crippen LogP contribution in [0.25, 0.3) is 10.2 Å². The van der Waals surface area contributed by atoms with E-state index in [-0.39, 0.29) is 11.7 Å². The van der Waals surface area contributed by atoms with Crippen LogP contribution in [0.3, 0.4) is 0 Å². The Hall–Kier alpha value is -2.31. The quantitative estimate of drug-likeness (QED) is 0.696. The minimum absolute atomic E-state index is 0.0644. The number of benzene rings is 2. The Bertz CT molecular complexity index is 917. The third-order valence-electron chi connectivity index (χ3n) is 5.01. The third-order valence-corrected chi connectivity index (χ3v) is 6.12. The lowest BCUT2D eigenvalue weighted by molar-refractivity contribution is -0.127. The summed E-state index contributed by atoms with van der Waals surface area (Å²) < 4.78 is 20.4. The molecule has 1 aromatic heterocycles. The molecule has 134 valence electrons. The fraction of sp³-hybridized carbons (Fsp3) is 0.300. The molecule has 4 nitrogen and oxygen atoms in total. The van der Waals surface area contributed by atoms with E-state index in [1.165, 1.54) is 23.5 Å². The molecule has 2 aromatic carbocycles. The highest BCUT2D eigenvalue weighted by molar-refractivity contribution is 7.22. The van der Waals surface area contributed by atoms with Gasteiger partial charge in [0, 0.05) is 20.3 Å². The Morgan fingerprint density at radius 1 is 1.19 bits per heavy atom. The summed E-state index contributed by atoms with van der Waals surface area (Å²) in [5.74, 6) is -0.394. The van der Waals surface area contributed by atoms with Crippen LogP contribution in [0.15, 0.2) is 48.5 Å². The predicted octanol–water partition coefficient (Wildman–Crippen LogP) is 4.15. The van der Waals surface area contributed by atoms with Crippen molar-refractivity contribution >= 4 is 32.6 Å². The van der Waals surface area contributed by atoms with Crippen molar-refractivity contribution in [3.8, 4) is 0 Å². The van der Waals surface area contributed by atoms with Gasteiger partial charge in [-0.2, -0.15) is 0 Å². The molecule has 1 amide bonds. The molecule has 1 aliphatic rings. The maximum absolute atomic E-state index is 13.9. The first-order valence-electron chi connectivity index (χ1n) is 8.58. The maximum atomic E-state index is 13.9. The molecular weight excluding hydrogens is 351 g/mol. The molecule has 0 bridgehead atoms. The van der Waals surface area contributed by atoms with Gasteiger partial charge in [-0.25, -0.2) is 9.37 Å². The summed E-state index contributed by atoms with van der Waals surface area (Å²) in [4.78, 5) is 19.7. The van der Waals surface area contributed by atoms with Crippen molar-refractivity contribution in [2.24, 2.45) is 0 Å². The lowest BCUT2D eigenvalue weighted by atomic mass is 9.73. The fourth-order valence-corrected chi connectivity index (χ4v) is 4.47. The number of fused-ring (bicyclic) bond motifs is 1. The molecule has 1 aliphatic heterocycles. The molecule has 6 heteroatoms. The van der Waals surface area contributed by atoms with Crippen molar-refractivity contribution in [2.75, 3.05) is 25.2 Å². The Labute approximate surface area is 155 Å². The predicted molar refractivity (Wildman–Crippen MR) is 101 cm³/mol. The van der Waals surface area contributed by atoms with Crippen LogP contribution >= 0.6 is 11.3 Å². The minimum Gasteiger partial charge on any atom is -0.381 e. The number of nitrogens with zero attached hydrogens (tertiary/aromatic N) is 2. The highest BCUT2D eigenvalue weighted by Gasteiger charge is 2.44. The molecule has 0 N–H and O–H groups in total. The second-order valence-corrected chi connectivity index (χ2v) is 7.54. The number of anilines is 1. The Morgan fingerprint density at radius 2 is 1.96 bits per heavy atom. The monoisotopic (exact) mass is 370 g/mol. The minimum atomic E-state index is -0.785. The summed E-state index contributed by atoms with van der Waals surface area (Å²) in [6.45, 7) is 0.964. The van der Waals surface area contributed by atoms with E-state index < -0.39 is 5.41 Å². The largest absolute Gasteiger partial charge is 0.381 e. The maximum Gasteiger partial charge on any atom is 0.239 e.